The van der Waals surface area contributed by atoms with Gasteiger partial charge in [-0.15, -0.1) is 11.3 Å². The van der Waals surface area contributed by atoms with Gasteiger partial charge in [-0.2, -0.15) is 5.10 Å². The number of hydrogen-bond acceptors (Lipinski definition) is 7. The quantitative estimate of drug-likeness (QED) is 0.455. The normalized spacial score (nSPS) is 10.8. The molecule has 0 saturated heterocycles. The van der Waals surface area contributed by atoms with E-state index < -0.39 is 18.5 Å². The molecule has 0 aliphatic rings. The first-order valence-corrected chi connectivity index (χ1v) is 9.74. The summed E-state index contributed by atoms with van der Waals surface area (Å²) in [6.07, 6.45) is 2.34. The van der Waals surface area contributed by atoms with Crippen molar-refractivity contribution in [2.45, 2.75) is 13.3 Å². The smallest absolute Gasteiger partial charge is 0.290 e. The SMILES string of the molecule is CCc1ccc(-c2nc(C(=O)N/N=C\c3ccccc3OCC(=O)[O-])cs2)cc1. The molecule has 2 aromatic carbocycles. The maximum atomic E-state index is 12.3. The van der Waals surface area contributed by atoms with Gasteiger partial charge >= 0.3 is 0 Å². The number of aromatic nitrogens is 1. The van der Waals surface area contributed by atoms with E-state index in [1.807, 2.05) is 24.3 Å². The van der Waals surface area contributed by atoms with E-state index in [1.54, 1.807) is 29.6 Å². The van der Waals surface area contributed by atoms with Crippen molar-refractivity contribution < 1.29 is 19.4 Å². The number of benzene rings is 2. The minimum absolute atomic E-state index is 0.267. The molecule has 0 bridgehead atoms. The molecule has 3 rings (SSSR count). The van der Waals surface area contributed by atoms with Gasteiger partial charge in [-0.25, -0.2) is 10.4 Å². The molecular weight excluding hydrogens is 390 g/mol. The minimum Gasteiger partial charge on any atom is -0.546 e. The van der Waals surface area contributed by atoms with Gasteiger partial charge in [0, 0.05) is 16.5 Å². The van der Waals surface area contributed by atoms with Gasteiger partial charge in [0.05, 0.1) is 12.2 Å². The van der Waals surface area contributed by atoms with Crippen LogP contribution in [0.25, 0.3) is 10.6 Å². The topological polar surface area (TPSA) is 104 Å². The van der Waals surface area contributed by atoms with E-state index in [2.05, 4.69) is 22.4 Å². The average molecular weight is 408 g/mol. The summed E-state index contributed by atoms with van der Waals surface area (Å²) < 4.78 is 5.13. The highest BCUT2D eigenvalue weighted by Gasteiger charge is 2.11. The summed E-state index contributed by atoms with van der Waals surface area (Å²) in [5.41, 5.74) is 5.39. The first-order valence-electron chi connectivity index (χ1n) is 8.86. The highest BCUT2D eigenvalue weighted by atomic mass is 32.1. The van der Waals surface area contributed by atoms with E-state index in [4.69, 9.17) is 4.74 Å². The molecule has 0 aliphatic heterocycles. The maximum absolute atomic E-state index is 12.3. The van der Waals surface area contributed by atoms with Crippen molar-refractivity contribution in [3.05, 3.63) is 70.7 Å². The molecule has 0 saturated carbocycles. The molecule has 1 amide bonds. The second kappa shape index (κ2) is 9.61. The first kappa shape index (κ1) is 20.2. The highest BCUT2D eigenvalue weighted by Crippen LogP contribution is 2.24. The Balaban J connectivity index is 1.64. The Morgan fingerprint density at radius 3 is 2.69 bits per heavy atom. The summed E-state index contributed by atoms with van der Waals surface area (Å²) in [6, 6.07) is 14.8. The largest absolute Gasteiger partial charge is 0.546 e. The second-order valence-corrected chi connectivity index (χ2v) is 6.84. The minimum atomic E-state index is -1.33. The third-order valence-electron chi connectivity index (χ3n) is 3.98. The lowest BCUT2D eigenvalue weighted by Crippen LogP contribution is -2.29. The van der Waals surface area contributed by atoms with Crippen LogP contribution < -0.4 is 15.3 Å². The lowest BCUT2D eigenvalue weighted by Gasteiger charge is -2.08. The number of rotatable bonds is 8. The molecule has 0 radical (unpaired) electrons. The second-order valence-electron chi connectivity index (χ2n) is 5.99. The van der Waals surface area contributed by atoms with E-state index in [0.717, 1.165) is 17.0 Å². The molecule has 0 spiro atoms. The highest BCUT2D eigenvalue weighted by molar-refractivity contribution is 7.13. The van der Waals surface area contributed by atoms with Gasteiger partial charge in [0.15, 0.2) is 0 Å². The zero-order valence-corrected chi connectivity index (χ0v) is 16.4. The number of carbonyl (C=O) groups excluding carboxylic acids is 2. The van der Waals surface area contributed by atoms with Crippen LogP contribution in [-0.4, -0.2) is 29.7 Å². The number of aliphatic carboxylic acids is 1. The molecule has 7 nitrogen and oxygen atoms in total. The fourth-order valence-corrected chi connectivity index (χ4v) is 3.27. The Kier molecular flexibility index (Phi) is 6.70. The summed E-state index contributed by atoms with van der Waals surface area (Å²) in [5, 5.41) is 16.9. The van der Waals surface area contributed by atoms with E-state index in [0.29, 0.717) is 11.3 Å². The monoisotopic (exact) mass is 408 g/mol. The number of para-hydroxylation sites is 1. The number of nitrogens with one attached hydrogen (secondary N) is 1. The molecule has 1 heterocycles. The summed E-state index contributed by atoms with van der Waals surface area (Å²) in [6.45, 7) is 1.52. The van der Waals surface area contributed by atoms with Gasteiger partial charge in [-0.3, -0.25) is 4.79 Å². The summed E-state index contributed by atoms with van der Waals surface area (Å²) in [4.78, 5) is 27.2. The van der Waals surface area contributed by atoms with Gasteiger partial charge in [0.25, 0.3) is 5.91 Å². The summed E-state index contributed by atoms with van der Waals surface area (Å²) in [7, 11) is 0. The van der Waals surface area contributed by atoms with Crippen molar-refractivity contribution in [1.82, 2.24) is 10.4 Å². The van der Waals surface area contributed by atoms with Crippen LogP contribution in [-0.2, 0) is 11.2 Å². The average Bonchev–Trinajstić information content (AvgIpc) is 3.23. The molecule has 0 aliphatic carbocycles. The van der Waals surface area contributed by atoms with E-state index in [-0.39, 0.29) is 5.69 Å². The van der Waals surface area contributed by atoms with E-state index >= 15 is 0 Å². The molecule has 3 aromatic rings. The van der Waals surface area contributed by atoms with Gasteiger partial charge in [0.2, 0.25) is 0 Å². The predicted molar refractivity (Wildman–Crippen MR) is 109 cm³/mol. The maximum Gasteiger partial charge on any atom is 0.290 e. The number of nitrogens with zero attached hydrogens (tertiary/aromatic N) is 2. The van der Waals surface area contributed by atoms with Crippen molar-refractivity contribution in [2.24, 2.45) is 5.10 Å². The van der Waals surface area contributed by atoms with Crippen LogP contribution in [0.1, 0.15) is 28.5 Å². The van der Waals surface area contributed by atoms with Crippen LogP contribution in [0.4, 0.5) is 0 Å². The number of hydrazone groups is 1. The fourth-order valence-electron chi connectivity index (χ4n) is 2.47. The lowest BCUT2D eigenvalue weighted by molar-refractivity contribution is -0.307. The number of aryl methyl sites for hydroxylation is 1. The fraction of sp³-hybridized carbons (Fsp3) is 0.143. The van der Waals surface area contributed by atoms with E-state index in [9.17, 15) is 14.7 Å². The number of hydrogen-bond donors (Lipinski definition) is 1. The number of thiazole rings is 1. The number of ether oxygens (including phenoxy) is 1. The molecular formula is C21H18N3O4S-. The predicted octanol–water partition coefficient (Wildman–Crippen LogP) is 2.27. The molecule has 1 aromatic heterocycles. The summed E-state index contributed by atoms with van der Waals surface area (Å²) >= 11 is 1.38. The van der Waals surface area contributed by atoms with Gasteiger partial charge in [-0.1, -0.05) is 43.3 Å². The molecule has 0 atom stereocenters. The van der Waals surface area contributed by atoms with Crippen molar-refractivity contribution in [3.8, 4) is 16.3 Å². The van der Waals surface area contributed by atoms with Crippen LogP contribution in [0.15, 0.2) is 59.0 Å². The van der Waals surface area contributed by atoms with Crippen LogP contribution in [0.5, 0.6) is 5.75 Å². The third kappa shape index (κ3) is 5.49. The standard InChI is InChI=1S/C21H19N3O4S/c1-2-14-7-9-15(10-8-14)21-23-17(13-29-21)20(27)24-22-11-16-5-3-4-6-18(16)28-12-19(25)26/h3-11,13H,2,12H2,1H3,(H,24,27)(H,25,26)/p-1/b22-11-. The van der Waals surface area contributed by atoms with Crippen LogP contribution in [0.3, 0.4) is 0 Å². The number of amides is 1. The number of carboxylic acid groups (broad SMARTS) is 1. The Bertz CT molecular complexity index is 1030. The number of carboxylic acids is 1. The third-order valence-corrected chi connectivity index (χ3v) is 4.87. The Morgan fingerprint density at radius 2 is 1.97 bits per heavy atom. The Labute approximate surface area is 171 Å². The summed E-state index contributed by atoms with van der Waals surface area (Å²) in [5.74, 6) is -1.45. The van der Waals surface area contributed by atoms with Crippen molar-refractivity contribution >= 4 is 29.4 Å². The van der Waals surface area contributed by atoms with Crippen molar-refractivity contribution in [2.75, 3.05) is 6.61 Å². The number of carbonyl (C=O) groups is 2. The molecule has 148 valence electrons. The molecule has 1 N–H and O–H groups in total. The van der Waals surface area contributed by atoms with Crippen LogP contribution in [0, 0.1) is 0 Å². The van der Waals surface area contributed by atoms with Crippen molar-refractivity contribution in [3.63, 3.8) is 0 Å². The Morgan fingerprint density at radius 1 is 1.21 bits per heavy atom. The van der Waals surface area contributed by atoms with Gasteiger partial charge in [0.1, 0.15) is 23.1 Å². The zero-order chi connectivity index (χ0) is 20.6. The molecule has 0 unspecified atom stereocenters. The van der Waals surface area contributed by atoms with Crippen LogP contribution in [0.2, 0.25) is 0 Å². The molecule has 8 heteroatoms. The van der Waals surface area contributed by atoms with Crippen LogP contribution >= 0.6 is 11.3 Å². The first-order chi connectivity index (χ1) is 14.1. The molecule has 29 heavy (non-hydrogen) atoms. The van der Waals surface area contributed by atoms with E-state index in [1.165, 1.54) is 23.1 Å². The molecule has 0 fully saturated rings. The van der Waals surface area contributed by atoms with Gasteiger partial charge in [-0.05, 0) is 24.1 Å². The van der Waals surface area contributed by atoms with Crippen molar-refractivity contribution in [1.29, 1.82) is 0 Å². The Hall–Kier alpha value is -3.52. The lowest BCUT2D eigenvalue weighted by atomic mass is 10.1. The van der Waals surface area contributed by atoms with Gasteiger partial charge < -0.3 is 14.6 Å². The zero-order valence-electron chi connectivity index (χ0n) is 15.6.